The quantitative estimate of drug-likeness (QED) is 0.805. The van der Waals surface area contributed by atoms with Gasteiger partial charge >= 0.3 is 0 Å². The molecule has 2 heterocycles. The van der Waals surface area contributed by atoms with Gasteiger partial charge in [-0.3, -0.25) is 14.5 Å². The molecule has 2 aliphatic heterocycles. The topological polar surface area (TPSA) is 40.6 Å². The van der Waals surface area contributed by atoms with Gasteiger partial charge in [0.15, 0.2) is 0 Å². The van der Waals surface area contributed by atoms with Crippen molar-refractivity contribution in [2.45, 2.75) is 33.6 Å². The minimum Gasteiger partial charge on any atom is -0.366 e. The lowest BCUT2D eigenvalue weighted by Crippen LogP contribution is -2.34. The molecule has 0 N–H and O–H groups in total. The number of benzene rings is 1. The molecule has 2 amide bonds. The fourth-order valence-electron chi connectivity index (χ4n) is 3.24. The van der Waals surface area contributed by atoms with Gasteiger partial charge in [-0.25, -0.2) is 0 Å². The first-order valence-corrected chi connectivity index (χ1v) is 7.97. The number of carbonyl (C=O) groups is 2. The maximum Gasteiger partial charge on any atom is 0.277 e. The second-order valence-corrected chi connectivity index (χ2v) is 6.07. The van der Waals surface area contributed by atoms with Gasteiger partial charge in [-0.05, 0) is 50.3 Å². The first kappa shape index (κ1) is 14.8. The summed E-state index contributed by atoms with van der Waals surface area (Å²) in [6, 6.07) is 5.99. The van der Waals surface area contributed by atoms with E-state index in [0.29, 0.717) is 17.8 Å². The normalized spacial score (nSPS) is 18.9. The fraction of sp³-hybridized carbons (Fsp3) is 0.444. The van der Waals surface area contributed by atoms with E-state index in [1.165, 1.54) is 10.5 Å². The molecule has 0 saturated carbocycles. The molecule has 3 rings (SSSR count). The Labute approximate surface area is 131 Å². The number of carbonyl (C=O) groups excluding carboxylic acids is 2. The van der Waals surface area contributed by atoms with Crippen LogP contribution in [0, 0.1) is 13.8 Å². The van der Waals surface area contributed by atoms with E-state index in [1.807, 2.05) is 32.0 Å². The van der Waals surface area contributed by atoms with Crippen LogP contribution in [0.15, 0.2) is 23.9 Å². The van der Waals surface area contributed by atoms with Crippen molar-refractivity contribution in [2.24, 2.45) is 0 Å². The molecule has 1 fully saturated rings. The Balaban J connectivity index is 2.14. The number of rotatable bonds is 3. The molecule has 0 aliphatic carbocycles. The van der Waals surface area contributed by atoms with Crippen LogP contribution in [-0.2, 0) is 9.59 Å². The Bertz CT molecular complexity index is 670. The molecular weight excluding hydrogens is 276 g/mol. The maximum atomic E-state index is 12.7. The first-order chi connectivity index (χ1) is 10.5. The van der Waals surface area contributed by atoms with Crippen molar-refractivity contribution in [3.05, 3.63) is 40.6 Å². The van der Waals surface area contributed by atoms with Crippen molar-refractivity contribution in [3.8, 4) is 0 Å². The van der Waals surface area contributed by atoms with Crippen LogP contribution >= 0.6 is 0 Å². The van der Waals surface area contributed by atoms with Gasteiger partial charge in [-0.1, -0.05) is 18.2 Å². The summed E-state index contributed by atoms with van der Waals surface area (Å²) in [5, 5.41) is 0. The van der Waals surface area contributed by atoms with Crippen molar-refractivity contribution < 1.29 is 9.59 Å². The van der Waals surface area contributed by atoms with Gasteiger partial charge < -0.3 is 4.90 Å². The Morgan fingerprint density at radius 1 is 1.00 bits per heavy atom. The second kappa shape index (κ2) is 5.59. The van der Waals surface area contributed by atoms with Gasteiger partial charge in [0, 0.05) is 19.6 Å². The predicted octanol–water partition coefficient (Wildman–Crippen LogP) is 2.50. The van der Waals surface area contributed by atoms with E-state index < -0.39 is 0 Å². The highest BCUT2D eigenvalue weighted by atomic mass is 16.2. The van der Waals surface area contributed by atoms with Gasteiger partial charge in [-0.15, -0.1) is 0 Å². The molecule has 4 heteroatoms. The Morgan fingerprint density at radius 3 is 2.27 bits per heavy atom. The summed E-state index contributed by atoms with van der Waals surface area (Å²) in [7, 11) is 0. The summed E-state index contributed by atoms with van der Waals surface area (Å²) in [6.07, 6.45) is 2.16. The number of hydrogen-bond acceptors (Lipinski definition) is 3. The molecule has 2 aliphatic rings. The lowest BCUT2D eigenvalue weighted by atomic mass is 9.99. The minimum atomic E-state index is -0.155. The minimum absolute atomic E-state index is 0.136. The number of hydrogen-bond donors (Lipinski definition) is 0. The van der Waals surface area contributed by atoms with E-state index in [0.717, 1.165) is 37.1 Å². The van der Waals surface area contributed by atoms with Crippen molar-refractivity contribution in [3.63, 3.8) is 0 Å². The largest absolute Gasteiger partial charge is 0.366 e. The highest BCUT2D eigenvalue weighted by Gasteiger charge is 2.41. The third kappa shape index (κ3) is 2.23. The van der Waals surface area contributed by atoms with Crippen molar-refractivity contribution in [1.82, 2.24) is 9.80 Å². The molecule has 1 aromatic rings. The maximum absolute atomic E-state index is 12.7. The molecule has 1 aromatic carbocycles. The third-order valence-electron chi connectivity index (χ3n) is 4.68. The monoisotopic (exact) mass is 298 g/mol. The summed E-state index contributed by atoms with van der Waals surface area (Å²) in [6.45, 7) is 8.08. The van der Waals surface area contributed by atoms with Crippen LogP contribution in [0.4, 0.5) is 0 Å². The first-order valence-electron chi connectivity index (χ1n) is 7.97. The van der Waals surface area contributed by atoms with E-state index in [1.54, 1.807) is 0 Å². The van der Waals surface area contributed by atoms with Gasteiger partial charge in [0.2, 0.25) is 0 Å². The molecule has 4 nitrogen and oxygen atoms in total. The SMILES string of the molecule is CCN1C(=O)C(c2ccc(C)c(C)c2)=C(N2CCCC2)C1=O. The number of likely N-dealkylation sites (tertiary alicyclic amines) is 1. The predicted molar refractivity (Wildman–Crippen MR) is 86.0 cm³/mol. The van der Waals surface area contributed by atoms with E-state index in [-0.39, 0.29) is 11.8 Å². The molecule has 116 valence electrons. The third-order valence-corrected chi connectivity index (χ3v) is 4.68. The average molecular weight is 298 g/mol. The fourth-order valence-corrected chi connectivity index (χ4v) is 3.24. The molecule has 1 saturated heterocycles. The number of aryl methyl sites for hydroxylation is 2. The number of nitrogens with zero attached hydrogens (tertiary/aromatic N) is 2. The lowest BCUT2D eigenvalue weighted by Gasteiger charge is -2.19. The van der Waals surface area contributed by atoms with Crippen LogP contribution in [0.2, 0.25) is 0 Å². The number of imide groups is 1. The van der Waals surface area contributed by atoms with Crippen LogP contribution in [-0.4, -0.2) is 41.2 Å². The lowest BCUT2D eigenvalue weighted by molar-refractivity contribution is -0.137. The van der Waals surface area contributed by atoms with Gasteiger partial charge in [0.05, 0.1) is 5.57 Å². The zero-order valence-corrected chi connectivity index (χ0v) is 13.5. The molecule has 0 aromatic heterocycles. The summed E-state index contributed by atoms with van der Waals surface area (Å²) in [5.41, 5.74) is 4.38. The van der Waals surface area contributed by atoms with Gasteiger partial charge in [-0.2, -0.15) is 0 Å². The molecule has 0 unspecified atom stereocenters. The van der Waals surface area contributed by atoms with Crippen LogP contribution in [0.1, 0.15) is 36.5 Å². The average Bonchev–Trinajstić information content (AvgIpc) is 3.08. The van der Waals surface area contributed by atoms with Gasteiger partial charge in [0.25, 0.3) is 11.8 Å². The summed E-state index contributed by atoms with van der Waals surface area (Å²) in [4.78, 5) is 28.8. The van der Waals surface area contributed by atoms with Gasteiger partial charge in [0.1, 0.15) is 5.70 Å². The summed E-state index contributed by atoms with van der Waals surface area (Å²) < 4.78 is 0. The molecule has 0 atom stereocenters. The van der Waals surface area contributed by atoms with Crippen LogP contribution < -0.4 is 0 Å². The summed E-state index contributed by atoms with van der Waals surface area (Å²) in [5.74, 6) is -0.291. The number of amides is 2. The van der Waals surface area contributed by atoms with Crippen molar-refractivity contribution in [1.29, 1.82) is 0 Å². The standard InChI is InChI=1S/C18H22N2O2/c1-4-20-17(21)15(14-8-7-12(2)13(3)11-14)16(18(20)22)19-9-5-6-10-19/h7-8,11H,4-6,9-10H2,1-3H3. The molecule has 22 heavy (non-hydrogen) atoms. The van der Waals surface area contributed by atoms with E-state index in [4.69, 9.17) is 0 Å². The van der Waals surface area contributed by atoms with E-state index >= 15 is 0 Å². The smallest absolute Gasteiger partial charge is 0.277 e. The zero-order valence-electron chi connectivity index (χ0n) is 13.5. The molecular formula is C18H22N2O2. The van der Waals surface area contributed by atoms with Crippen molar-refractivity contribution >= 4 is 17.4 Å². The Kier molecular flexibility index (Phi) is 3.77. The number of likely N-dealkylation sites (N-methyl/N-ethyl adjacent to an activating group) is 1. The van der Waals surface area contributed by atoms with Crippen LogP contribution in [0.3, 0.4) is 0 Å². The van der Waals surface area contributed by atoms with Crippen LogP contribution in [0.25, 0.3) is 5.57 Å². The van der Waals surface area contributed by atoms with Crippen molar-refractivity contribution in [2.75, 3.05) is 19.6 Å². The molecule has 0 spiro atoms. The zero-order chi connectivity index (χ0) is 15.9. The molecule has 0 radical (unpaired) electrons. The van der Waals surface area contributed by atoms with E-state index in [9.17, 15) is 9.59 Å². The molecule has 0 bridgehead atoms. The van der Waals surface area contributed by atoms with Crippen LogP contribution in [0.5, 0.6) is 0 Å². The Morgan fingerprint density at radius 2 is 1.68 bits per heavy atom. The summed E-state index contributed by atoms with van der Waals surface area (Å²) >= 11 is 0. The highest BCUT2D eigenvalue weighted by molar-refractivity contribution is 6.35. The van der Waals surface area contributed by atoms with E-state index in [2.05, 4.69) is 11.8 Å². The highest BCUT2D eigenvalue weighted by Crippen LogP contribution is 2.33. The Hall–Kier alpha value is -2.10. The second-order valence-electron chi connectivity index (χ2n) is 6.07.